The third-order valence-electron chi connectivity index (χ3n) is 5.07. The van der Waals surface area contributed by atoms with Crippen LogP contribution >= 0.6 is 0 Å². The van der Waals surface area contributed by atoms with Crippen LogP contribution in [0.25, 0.3) is 0 Å². The van der Waals surface area contributed by atoms with Gasteiger partial charge >= 0.3 is 5.97 Å². The van der Waals surface area contributed by atoms with E-state index >= 15 is 0 Å². The zero-order chi connectivity index (χ0) is 18.5. The van der Waals surface area contributed by atoms with Crippen LogP contribution in [-0.2, 0) is 14.3 Å². The van der Waals surface area contributed by atoms with Crippen molar-refractivity contribution in [2.24, 2.45) is 0 Å². The van der Waals surface area contributed by atoms with Crippen molar-refractivity contribution in [2.45, 2.75) is 18.8 Å². The van der Waals surface area contributed by atoms with Gasteiger partial charge in [-0.3, -0.25) is 14.5 Å². The number of benzene rings is 1. The van der Waals surface area contributed by atoms with Crippen molar-refractivity contribution in [3.63, 3.8) is 0 Å². The molecule has 1 atom stereocenters. The lowest BCUT2D eigenvalue weighted by Gasteiger charge is -2.35. The van der Waals surface area contributed by atoms with E-state index in [9.17, 15) is 14.4 Å². The molecular weight excluding hydrogens is 334 g/mol. The Balaban J connectivity index is 1.60. The van der Waals surface area contributed by atoms with Crippen molar-refractivity contribution in [3.8, 4) is 0 Å². The van der Waals surface area contributed by atoms with Crippen molar-refractivity contribution >= 4 is 17.8 Å². The first-order valence-corrected chi connectivity index (χ1v) is 9.04. The molecular formula is C19H25N3O4. The first-order valence-electron chi connectivity index (χ1n) is 9.04. The van der Waals surface area contributed by atoms with E-state index in [4.69, 9.17) is 4.74 Å². The van der Waals surface area contributed by atoms with E-state index in [1.807, 2.05) is 17.0 Å². The molecule has 2 fully saturated rings. The van der Waals surface area contributed by atoms with E-state index in [0.29, 0.717) is 31.7 Å². The number of nitrogens with one attached hydrogen (secondary N) is 1. The topological polar surface area (TPSA) is 79.0 Å². The smallest absolute Gasteiger partial charge is 0.337 e. The first kappa shape index (κ1) is 18.4. The third kappa shape index (κ3) is 4.22. The van der Waals surface area contributed by atoms with Crippen LogP contribution in [0.15, 0.2) is 24.3 Å². The van der Waals surface area contributed by atoms with E-state index in [1.165, 1.54) is 7.11 Å². The molecule has 7 nitrogen and oxygen atoms in total. The molecule has 0 radical (unpaired) electrons. The van der Waals surface area contributed by atoms with Gasteiger partial charge in [0.2, 0.25) is 11.8 Å². The van der Waals surface area contributed by atoms with Gasteiger partial charge in [0.15, 0.2) is 0 Å². The Morgan fingerprint density at radius 1 is 1.19 bits per heavy atom. The van der Waals surface area contributed by atoms with Crippen LogP contribution in [0.3, 0.4) is 0 Å². The Bertz CT molecular complexity index is 674. The van der Waals surface area contributed by atoms with Crippen LogP contribution in [-0.4, -0.2) is 74.0 Å². The standard InChI is InChI=1S/C19H25N3O4/c1-26-19(25)15-6-4-14(5-7-15)16-3-2-9-22(18(16)24)12-11-21-10-8-20-17(23)13-21/h4-7,16H,2-3,8-13H2,1H3,(H,20,23). The van der Waals surface area contributed by atoms with Crippen LogP contribution < -0.4 is 5.32 Å². The quantitative estimate of drug-likeness (QED) is 0.780. The van der Waals surface area contributed by atoms with Gasteiger partial charge in [0.05, 0.1) is 25.1 Å². The number of hydrogen-bond donors (Lipinski definition) is 1. The molecule has 7 heteroatoms. The van der Waals surface area contributed by atoms with Crippen molar-refractivity contribution in [1.82, 2.24) is 15.1 Å². The maximum atomic E-state index is 12.9. The molecule has 0 aromatic heterocycles. The first-order chi connectivity index (χ1) is 12.6. The Morgan fingerprint density at radius 2 is 1.96 bits per heavy atom. The average Bonchev–Trinajstić information content (AvgIpc) is 2.67. The lowest BCUT2D eigenvalue weighted by atomic mass is 9.89. The summed E-state index contributed by atoms with van der Waals surface area (Å²) in [5.41, 5.74) is 1.42. The molecule has 2 aliphatic heterocycles. The normalized spacial score (nSPS) is 21.4. The molecule has 2 aliphatic rings. The van der Waals surface area contributed by atoms with Crippen LogP contribution in [0.1, 0.15) is 34.7 Å². The Hall–Kier alpha value is -2.41. The highest BCUT2D eigenvalue weighted by molar-refractivity contribution is 5.90. The van der Waals surface area contributed by atoms with E-state index in [0.717, 1.165) is 31.5 Å². The minimum Gasteiger partial charge on any atom is -0.465 e. The molecule has 1 aromatic rings. The van der Waals surface area contributed by atoms with Crippen LogP contribution in [0.2, 0.25) is 0 Å². The van der Waals surface area contributed by atoms with E-state index in [2.05, 4.69) is 10.2 Å². The highest BCUT2D eigenvalue weighted by Crippen LogP contribution is 2.28. The van der Waals surface area contributed by atoms with Crippen LogP contribution in [0.5, 0.6) is 0 Å². The van der Waals surface area contributed by atoms with E-state index in [-0.39, 0.29) is 23.7 Å². The molecule has 1 aromatic carbocycles. The Kier molecular flexibility index (Phi) is 5.88. The third-order valence-corrected chi connectivity index (χ3v) is 5.07. The van der Waals surface area contributed by atoms with Crippen molar-refractivity contribution in [2.75, 3.05) is 46.4 Å². The molecule has 1 unspecified atom stereocenters. The average molecular weight is 359 g/mol. The predicted molar refractivity (Wildman–Crippen MR) is 95.8 cm³/mol. The summed E-state index contributed by atoms with van der Waals surface area (Å²) < 4.78 is 4.71. The van der Waals surface area contributed by atoms with E-state index in [1.54, 1.807) is 12.1 Å². The number of methoxy groups -OCH3 is 1. The minimum absolute atomic E-state index is 0.0461. The monoisotopic (exact) mass is 359 g/mol. The fraction of sp³-hybridized carbons (Fsp3) is 0.526. The summed E-state index contributed by atoms with van der Waals surface area (Å²) in [6, 6.07) is 7.10. The number of nitrogens with zero attached hydrogens (tertiary/aromatic N) is 2. The molecule has 140 valence electrons. The summed E-state index contributed by atoms with van der Waals surface area (Å²) >= 11 is 0. The maximum Gasteiger partial charge on any atom is 0.337 e. The Labute approximate surface area is 153 Å². The zero-order valence-corrected chi connectivity index (χ0v) is 15.1. The maximum absolute atomic E-state index is 12.9. The van der Waals surface area contributed by atoms with Gasteiger partial charge in [-0.1, -0.05) is 12.1 Å². The van der Waals surface area contributed by atoms with Crippen LogP contribution in [0.4, 0.5) is 0 Å². The molecule has 1 N–H and O–H groups in total. The number of piperidine rings is 1. The summed E-state index contributed by atoms with van der Waals surface area (Å²) in [5.74, 6) is -0.368. The second-order valence-corrected chi connectivity index (χ2v) is 6.76. The van der Waals surface area contributed by atoms with Crippen LogP contribution in [0, 0.1) is 0 Å². The van der Waals surface area contributed by atoms with Gasteiger partial charge in [0, 0.05) is 32.7 Å². The molecule has 26 heavy (non-hydrogen) atoms. The highest BCUT2D eigenvalue weighted by atomic mass is 16.5. The van der Waals surface area contributed by atoms with Gasteiger partial charge in [0.1, 0.15) is 0 Å². The lowest BCUT2D eigenvalue weighted by molar-refractivity contribution is -0.135. The molecule has 2 amide bonds. The summed E-state index contributed by atoms with van der Waals surface area (Å²) in [5, 5.41) is 2.81. The van der Waals surface area contributed by atoms with Gasteiger partial charge in [-0.15, -0.1) is 0 Å². The summed E-state index contributed by atoms with van der Waals surface area (Å²) in [6.45, 7) is 4.01. The molecule has 2 saturated heterocycles. The largest absolute Gasteiger partial charge is 0.465 e. The van der Waals surface area contributed by atoms with Crippen molar-refractivity contribution in [1.29, 1.82) is 0 Å². The lowest BCUT2D eigenvalue weighted by Crippen LogP contribution is -2.51. The fourth-order valence-electron chi connectivity index (χ4n) is 3.59. The highest BCUT2D eigenvalue weighted by Gasteiger charge is 2.30. The van der Waals surface area contributed by atoms with Gasteiger partial charge in [-0.05, 0) is 30.5 Å². The fourth-order valence-corrected chi connectivity index (χ4v) is 3.59. The Morgan fingerprint density at radius 3 is 2.65 bits per heavy atom. The number of piperazine rings is 1. The number of hydrogen-bond acceptors (Lipinski definition) is 5. The molecule has 0 spiro atoms. The molecule has 0 aliphatic carbocycles. The van der Waals surface area contributed by atoms with Gasteiger partial charge < -0.3 is 15.0 Å². The molecule has 0 saturated carbocycles. The molecule has 2 heterocycles. The number of rotatable bonds is 5. The number of likely N-dealkylation sites (tertiary alicyclic amines) is 1. The minimum atomic E-state index is -0.376. The zero-order valence-electron chi connectivity index (χ0n) is 15.1. The molecule has 3 rings (SSSR count). The predicted octanol–water partition coefficient (Wildman–Crippen LogP) is 0.611. The second kappa shape index (κ2) is 8.31. The van der Waals surface area contributed by atoms with Gasteiger partial charge in [0.25, 0.3) is 0 Å². The molecule has 0 bridgehead atoms. The van der Waals surface area contributed by atoms with E-state index < -0.39 is 0 Å². The summed E-state index contributed by atoms with van der Waals surface area (Å²) in [7, 11) is 1.35. The number of ether oxygens (including phenoxy) is 1. The second-order valence-electron chi connectivity index (χ2n) is 6.76. The SMILES string of the molecule is COC(=O)c1ccc(C2CCCN(CCN3CCNC(=O)C3)C2=O)cc1. The van der Waals surface area contributed by atoms with Gasteiger partial charge in [-0.25, -0.2) is 4.79 Å². The van der Waals surface area contributed by atoms with Crippen molar-refractivity contribution in [3.05, 3.63) is 35.4 Å². The number of amides is 2. The number of carbonyl (C=O) groups excluding carboxylic acids is 3. The number of esters is 1. The van der Waals surface area contributed by atoms with Crippen molar-refractivity contribution < 1.29 is 19.1 Å². The summed E-state index contributed by atoms with van der Waals surface area (Å²) in [4.78, 5) is 39.9. The summed E-state index contributed by atoms with van der Waals surface area (Å²) in [6.07, 6.45) is 1.77. The number of carbonyl (C=O) groups is 3. The van der Waals surface area contributed by atoms with Gasteiger partial charge in [-0.2, -0.15) is 0 Å².